The minimum absolute atomic E-state index is 0.0525. The third kappa shape index (κ3) is 1.77. The molecule has 0 bridgehead atoms. The van der Waals surface area contributed by atoms with Gasteiger partial charge in [-0.05, 0) is 6.07 Å². The smallest absolute Gasteiger partial charge is 0.309 e. The van der Waals surface area contributed by atoms with Gasteiger partial charge in [0.1, 0.15) is 0 Å². The summed E-state index contributed by atoms with van der Waals surface area (Å²) in [7, 11) is 0. The van der Waals surface area contributed by atoms with Gasteiger partial charge in [-0.15, -0.1) is 0 Å². The van der Waals surface area contributed by atoms with E-state index in [1.54, 1.807) is 0 Å². The van der Waals surface area contributed by atoms with Gasteiger partial charge >= 0.3 is 5.97 Å². The Morgan fingerprint density at radius 3 is 2.69 bits per heavy atom. The molecule has 0 saturated heterocycles. The summed E-state index contributed by atoms with van der Waals surface area (Å²) in [5.41, 5.74) is 6.33. The average Bonchev–Trinajstić information content (AvgIpc) is 2.61. The van der Waals surface area contributed by atoms with Gasteiger partial charge in [0.2, 0.25) is 6.79 Å². The number of nitrogen functional groups attached to an aromatic ring is 1. The zero-order valence-corrected chi connectivity index (χ0v) is 8.32. The maximum atomic E-state index is 10.5. The first-order chi connectivity index (χ1) is 7.58. The minimum atomic E-state index is -1.07. The van der Waals surface area contributed by atoms with Crippen molar-refractivity contribution in [3.05, 3.63) is 17.7 Å². The number of hydrogen-bond donors (Lipinski definition) is 3. The zero-order chi connectivity index (χ0) is 11.7. The molecule has 0 amide bonds. The van der Waals surface area contributed by atoms with Crippen LogP contribution in [0.2, 0.25) is 0 Å². The number of benzene rings is 1. The summed E-state index contributed by atoms with van der Waals surface area (Å²) < 4.78 is 10.2. The molecule has 1 aliphatic rings. The number of aliphatic carboxylic acids is 1. The highest BCUT2D eigenvalue weighted by atomic mass is 16.7. The van der Waals surface area contributed by atoms with Crippen LogP contribution in [0.3, 0.4) is 0 Å². The maximum absolute atomic E-state index is 10.5. The first kappa shape index (κ1) is 10.3. The van der Waals surface area contributed by atoms with Crippen molar-refractivity contribution in [2.45, 2.75) is 6.42 Å². The number of carbonyl (C=O) groups is 1. The van der Waals surface area contributed by atoms with Crippen molar-refractivity contribution in [2.75, 3.05) is 12.5 Å². The molecule has 6 heteroatoms. The number of anilines is 1. The second-order valence-corrected chi connectivity index (χ2v) is 3.34. The first-order valence-corrected chi connectivity index (χ1v) is 4.56. The van der Waals surface area contributed by atoms with Gasteiger partial charge in [-0.1, -0.05) is 0 Å². The number of carboxylic acid groups (broad SMARTS) is 1. The van der Waals surface area contributed by atoms with E-state index in [1.165, 1.54) is 12.1 Å². The van der Waals surface area contributed by atoms with Crippen LogP contribution >= 0.6 is 0 Å². The van der Waals surface area contributed by atoms with E-state index >= 15 is 0 Å². The molecule has 0 spiro atoms. The molecule has 2 rings (SSSR count). The van der Waals surface area contributed by atoms with E-state index in [1.807, 2.05) is 0 Å². The van der Waals surface area contributed by atoms with Gasteiger partial charge in [-0.2, -0.15) is 0 Å². The van der Waals surface area contributed by atoms with Crippen molar-refractivity contribution < 1.29 is 19.4 Å². The SMILES string of the molecule is N=C(CC(=O)O)c1cc2c(cc1N)OCO2. The van der Waals surface area contributed by atoms with E-state index < -0.39 is 5.97 Å². The number of nitrogens with one attached hydrogen (secondary N) is 1. The third-order valence-electron chi connectivity index (χ3n) is 2.20. The van der Waals surface area contributed by atoms with Crippen LogP contribution in [0.5, 0.6) is 11.5 Å². The molecule has 84 valence electrons. The molecule has 1 aromatic carbocycles. The molecule has 0 aliphatic carbocycles. The monoisotopic (exact) mass is 222 g/mol. The summed E-state index contributed by atoms with van der Waals surface area (Å²) in [5, 5.41) is 16.2. The molecule has 16 heavy (non-hydrogen) atoms. The van der Waals surface area contributed by atoms with Gasteiger partial charge in [0.05, 0.1) is 12.1 Å². The number of nitrogens with two attached hydrogens (primary N) is 1. The fourth-order valence-corrected chi connectivity index (χ4v) is 1.47. The van der Waals surface area contributed by atoms with Crippen LogP contribution in [-0.4, -0.2) is 23.6 Å². The molecule has 0 radical (unpaired) electrons. The van der Waals surface area contributed by atoms with Crippen LogP contribution in [0.15, 0.2) is 12.1 Å². The van der Waals surface area contributed by atoms with Gasteiger partial charge in [0.15, 0.2) is 11.5 Å². The summed E-state index contributed by atoms with van der Waals surface area (Å²) in [4.78, 5) is 10.5. The molecular weight excluding hydrogens is 212 g/mol. The molecule has 0 unspecified atom stereocenters. The fourth-order valence-electron chi connectivity index (χ4n) is 1.47. The lowest BCUT2D eigenvalue weighted by Gasteiger charge is -2.07. The standard InChI is InChI=1S/C10H10N2O4/c11-6-2-9-8(15-4-16-9)1-5(6)7(12)3-10(13)14/h1-2,12H,3-4,11H2,(H,13,14). The van der Waals surface area contributed by atoms with Crippen molar-refractivity contribution >= 4 is 17.4 Å². The highest BCUT2D eigenvalue weighted by Gasteiger charge is 2.18. The first-order valence-electron chi connectivity index (χ1n) is 4.56. The van der Waals surface area contributed by atoms with Crippen LogP contribution in [0.4, 0.5) is 5.69 Å². The van der Waals surface area contributed by atoms with Crippen molar-refractivity contribution in [1.82, 2.24) is 0 Å². The normalized spacial score (nSPS) is 12.5. The Morgan fingerprint density at radius 2 is 2.06 bits per heavy atom. The number of rotatable bonds is 3. The molecule has 1 heterocycles. The van der Waals surface area contributed by atoms with Crippen molar-refractivity contribution in [3.8, 4) is 11.5 Å². The highest BCUT2D eigenvalue weighted by Crippen LogP contribution is 2.36. The average molecular weight is 222 g/mol. The molecule has 6 nitrogen and oxygen atoms in total. The van der Waals surface area contributed by atoms with Crippen LogP contribution in [-0.2, 0) is 4.79 Å². The second kappa shape index (κ2) is 3.73. The van der Waals surface area contributed by atoms with Gasteiger partial charge in [-0.3, -0.25) is 4.79 Å². The molecule has 1 aliphatic heterocycles. The quantitative estimate of drug-likeness (QED) is 0.519. The number of carboxylic acids is 1. The van der Waals surface area contributed by atoms with Crippen molar-refractivity contribution in [2.24, 2.45) is 0 Å². The maximum Gasteiger partial charge on any atom is 0.309 e. The van der Waals surface area contributed by atoms with Crippen molar-refractivity contribution in [1.29, 1.82) is 5.41 Å². The van der Waals surface area contributed by atoms with E-state index in [4.69, 9.17) is 25.7 Å². The van der Waals surface area contributed by atoms with E-state index in [2.05, 4.69) is 0 Å². The Bertz CT molecular complexity index is 470. The Labute approximate surface area is 91.1 Å². The van der Waals surface area contributed by atoms with E-state index in [0.29, 0.717) is 22.7 Å². The molecule has 0 aromatic heterocycles. The van der Waals surface area contributed by atoms with Gasteiger partial charge in [-0.25, -0.2) is 0 Å². The summed E-state index contributed by atoms with van der Waals surface area (Å²) in [6.07, 6.45) is -0.371. The number of ether oxygens (including phenoxy) is 2. The van der Waals surface area contributed by atoms with Gasteiger partial charge in [0.25, 0.3) is 0 Å². The Kier molecular flexibility index (Phi) is 2.40. The number of fused-ring (bicyclic) bond motifs is 1. The minimum Gasteiger partial charge on any atom is -0.481 e. The summed E-state index contributed by atoms with van der Waals surface area (Å²) in [6, 6.07) is 3.07. The lowest BCUT2D eigenvalue weighted by molar-refractivity contribution is -0.135. The Morgan fingerprint density at radius 1 is 1.44 bits per heavy atom. The molecule has 0 atom stereocenters. The Balaban J connectivity index is 2.34. The van der Waals surface area contributed by atoms with E-state index in [9.17, 15) is 4.79 Å². The summed E-state index contributed by atoms with van der Waals surface area (Å²) >= 11 is 0. The molecular formula is C10H10N2O4. The topological polar surface area (TPSA) is 106 Å². The fraction of sp³-hybridized carbons (Fsp3) is 0.200. The lowest BCUT2D eigenvalue weighted by Crippen LogP contribution is -2.09. The van der Waals surface area contributed by atoms with E-state index in [0.717, 1.165) is 0 Å². The molecule has 1 aromatic rings. The largest absolute Gasteiger partial charge is 0.481 e. The van der Waals surface area contributed by atoms with Gasteiger partial charge in [0, 0.05) is 17.3 Å². The second-order valence-electron chi connectivity index (χ2n) is 3.34. The van der Waals surface area contributed by atoms with Crippen LogP contribution in [0, 0.1) is 5.41 Å². The third-order valence-corrected chi connectivity index (χ3v) is 2.20. The van der Waals surface area contributed by atoms with Crippen LogP contribution in [0.1, 0.15) is 12.0 Å². The molecule has 0 saturated carbocycles. The molecule has 4 N–H and O–H groups in total. The summed E-state index contributed by atoms with van der Waals surface area (Å²) in [6.45, 7) is 0.116. The number of hydrogen-bond acceptors (Lipinski definition) is 5. The Hall–Kier alpha value is -2.24. The highest BCUT2D eigenvalue weighted by molar-refractivity contribution is 6.10. The lowest BCUT2D eigenvalue weighted by atomic mass is 10.0. The molecule has 0 fully saturated rings. The van der Waals surface area contributed by atoms with Crippen LogP contribution in [0.25, 0.3) is 0 Å². The summed E-state index contributed by atoms with van der Waals surface area (Å²) in [5.74, 6) is -0.0641. The van der Waals surface area contributed by atoms with Gasteiger partial charge < -0.3 is 25.7 Å². The van der Waals surface area contributed by atoms with E-state index in [-0.39, 0.29) is 18.9 Å². The van der Waals surface area contributed by atoms with Crippen molar-refractivity contribution in [3.63, 3.8) is 0 Å². The predicted molar refractivity (Wildman–Crippen MR) is 56.1 cm³/mol. The van der Waals surface area contributed by atoms with Crippen LogP contribution < -0.4 is 15.2 Å². The zero-order valence-electron chi connectivity index (χ0n) is 8.32. The predicted octanol–water partition coefficient (Wildman–Crippen LogP) is 0.840.